The lowest BCUT2D eigenvalue weighted by atomic mass is 9.74. The number of hydrogen-bond acceptors (Lipinski definition) is 2. The normalized spacial score (nSPS) is 20.9. The average molecular weight is 272 g/mol. The van der Waals surface area contributed by atoms with Crippen molar-refractivity contribution in [2.75, 3.05) is 0 Å². The van der Waals surface area contributed by atoms with Crippen molar-refractivity contribution in [3.05, 3.63) is 0 Å². The molecule has 1 atom stereocenters. The maximum Gasteiger partial charge on any atom is 0.344 e. The second-order valence-electron chi connectivity index (χ2n) is 6.05. The lowest BCUT2D eigenvalue weighted by Crippen LogP contribution is -2.46. The van der Waals surface area contributed by atoms with Crippen LogP contribution in [0.15, 0.2) is 0 Å². The Morgan fingerprint density at radius 3 is 2.05 bits per heavy atom. The number of esters is 1. The molecule has 0 aromatic rings. The first-order chi connectivity index (χ1) is 8.91. The molecule has 3 heteroatoms. The first-order valence-electron chi connectivity index (χ1n) is 7.84. The van der Waals surface area contributed by atoms with Gasteiger partial charge >= 0.3 is 5.97 Å². The van der Waals surface area contributed by atoms with E-state index in [2.05, 4.69) is 0 Å². The Balaban J connectivity index is 2.84. The number of halogens is 1. The van der Waals surface area contributed by atoms with Crippen molar-refractivity contribution in [2.24, 2.45) is 5.92 Å². The Kier molecular flexibility index (Phi) is 5.82. The summed E-state index contributed by atoms with van der Waals surface area (Å²) >= 11 is 0. The Morgan fingerprint density at radius 1 is 1.11 bits per heavy atom. The highest BCUT2D eigenvalue weighted by Crippen LogP contribution is 2.40. The molecule has 0 radical (unpaired) electrons. The van der Waals surface area contributed by atoms with E-state index in [0.717, 1.165) is 25.7 Å². The van der Waals surface area contributed by atoms with Gasteiger partial charge in [-0.05, 0) is 44.9 Å². The number of ether oxygens (including phenoxy) is 1. The highest BCUT2D eigenvalue weighted by Gasteiger charge is 2.44. The molecular weight excluding hydrogens is 243 g/mol. The van der Waals surface area contributed by atoms with Crippen molar-refractivity contribution in [2.45, 2.75) is 90.3 Å². The summed E-state index contributed by atoms with van der Waals surface area (Å²) in [6, 6.07) is 0. The first-order valence-corrected chi connectivity index (χ1v) is 7.84. The van der Waals surface area contributed by atoms with Crippen LogP contribution in [0.5, 0.6) is 0 Å². The standard InChI is InChI=1S/C16H29FO2/c1-5-15(4,17)14(18)19-16(6-2,7-3)13-11-9-8-10-12-13/h13H,5-12H2,1-4H3. The van der Waals surface area contributed by atoms with Gasteiger partial charge in [0.25, 0.3) is 0 Å². The highest BCUT2D eigenvalue weighted by molar-refractivity contribution is 5.79. The Bertz CT molecular complexity index is 289. The average Bonchev–Trinajstić information content (AvgIpc) is 2.45. The van der Waals surface area contributed by atoms with E-state index in [1.54, 1.807) is 6.92 Å². The molecule has 0 spiro atoms. The summed E-state index contributed by atoms with van der Waals surface area (Å²) < 4.78 is 19.8. The molecule has 0 bridgehead atoms. The van der Waals surface area contributed by atoms with E-state index < -0.39 is 17.2 Å². The van der Waals surface area contributed by atoms with Crippen molar-refractivity contribution in [1.29, 1.82) is 0 Å². The van der Waals surface area contributed by atoms with Gasteiger partial charge in [-0.3, -0.25) is 0 Å². The van der Waals surface area contributed by atoms with Gasteiger partial charge in [0.05, 0.1) is 0 Å². The topological polar surface area (TPSA) is 26.3 Å². The van der Waals surface area contributed by atoms with Crippen molar-refractivity contribution in [1.82, 2.24) is 0 Å². The number of carbonyl (C=O) groups is 1. The first kappa shape index (κ1) is 16.5. The number of carbonyl (C=O) groups excluding carboxylic acids is 1. The molecule has 1 aliphatic rings. The third-order valence-corrected chi connectivity index (χ3v) is 4.93. The largest absolute Gasteiger partial charge is 0.456 e. The lowest BCUT2D eigenvalue weighted by molar-refractivity contribution is -0.183. The van der Waals surface area contributed by atoms with E-state index in [1.807, 2.05) is 13.8 Å². The third-order valence-electron chi connectivity index (χ3n) is 4.93. The molecule has 1 rings (SSSR count). The summed E-state index contributed by atoms with van der Waals surface area (Å²) in [5.74, 6) is -0.280. The predicted octanol–water partition coefficient (Wildman–Crippen LogP) is 4.81. The minimum atomic E-state index is -1.86. The molecule has 112 valence electrons. The van der Waals surface area contributed by atoms with Gasteiger partial charge in [-0.1, -0.05) is 40.0 Å². The van der Waals surface area contributed by atoms with Gasteiger partial charge in [-0.25, -0.2) is 9.18 Å². The van der Waals surface area contributed by atoms with Gasteiger partial charge in [0.1, 0.15) is 5.60 Å². The molecule has 0 aromatic carbocycles. The molecule has 1 unspecified atom stereocenters. The van der Waals surface area contributed by atoms with E-state index in [4.69, 9.17) is 4.74 Å². The molecule has 2 nitrogen and oxygen atoms in total. The SMILES string of the molecule is CCC(C)(F)C(=O)OC(CC)(CC)C1CCCCC1. The molecule has 0 saturated heterocycles. The maximum atomic E-state index is 14.1. The van der Waals surface area contributed by atoms with Crippen LogP contribution in [0.2, 0.25) is 0 Å². The summed E-state index contributed by atoms with van der Waals surface area (Å²) in [6.07, 6.45) is 7.59. The van der Waals surface area contributed by atoms with Crippen LogP contribution in [-0.4, -0.2) is 17.2 Å². The van der Waals surface area contributed by atoms with E-state index in [-0.39, 0.29) is 6.42 Å². The van der Waals surface area contributed by atoms with E-state index in [9.17, 15) is 9.18 Å². The quantitative estimate of drug-likeness (QED) is 0.649. The fourth-order valence-corrected chi connectivity index (χ4v) is 3.12. The molecule has 1 fully saturated rings. The van der Waals surface area contributed by atoms with Gasteiger partial charge in [-0.15, -0.1) is 0 Å². The Labute approximate surface area is 117 Å². The highest BCUT2D eigenvalue weighted by atomic mass is 19.1. The zero-order chi connectivity index (χ0) is 14.5. The summed E-state index contributed by atoms with van der Waals surface area (Å²) in [7, 11) is 0. The van der Waals surface area contributed by atoms with Crippen LogP contribution >= 0.6 is 0 Å². The number of rotatable bonds is 6. The van der Waals surface area contributed by atoms with Crippen LogP contribution in [0.3, 0.4) is 0 Å². The van der Waals surface area contributed by atoms with E-state index in [0.29, 0.717) is 5.92 Å². The van der Waals surface area contributed by atoms with Crippen molar-refractivity contribution < 1.29 is 13.9 Å². The maximum absolute atomic E-state index is 14.1. The monoisotopic (exact) mass is 272 g/mol. The molecule has 1 saturated carbocycles. The van der Waals surface area contributed by atoms with Gasteiger partial charge < -0.3 is 4.74 Å². The van der Waals surface area contributed by atoms with E-state index >= 15 is 0 Å². The van der Waals surface area contributed by atoms with Crippen molar-refractivity contribution in [3.8, 4) is 0 Å². The zero-order valence-electron chi connectivity index (χ0n) is 12.9. The molecular formula is C16H29FO2. The minimum Gasteiger partial charge on any atom is -0.456 e. The molecule has 1 aliphatic carbocycles. The van der Waals surface area contributed by atoms with Gasteiger partial charge in [0.15, 0.2) is 0 Å². The second kappa shape index (κ2) is 6.71. The van der Waals surface area contributed by atoms with Gasteiger partial charge in [0, 0.05) is 0 Å². The van der Waals surface area contributed by atoms with Crippen molar-refractivity contribution in [3.63, 3.8) is 0 Å². The molecule has 0 amide bonds. The molecule has 0 heterocycles. The zero-order valence-corrected chi connectivity index (χ0v) is 12.9. The number of alkyl halides is 1. The second-order valence-corrected chi connectivity index (χ2v) is 6.05. The third kappa shape index (κ3) is 3.70. The van der Waals surface area contributed by atoms with Crippen LogP contribution in [-0.2, 0) is 9.53 Å². The molecule has 0 N–H and O–H groups in total. The molecule has 0 aromatic heterocycles. The van der Waals surface area contributed by atoms with Crippen LogP contribution in [0.4, 0.5) is 4.39 Å². The Morgan fingerprint density at radius 2 is 1.63 bits per heavy atom. The van der Waals surface area contributed by atoms with Crippen LogP contribution in [0.25, 0.3) is 0 Å². The summed E-state index contributed by atoms with van der Waals surface area (Å²) in [5.41, 5.74) is -2.32. The summed E-state index contributed by atoms with van der Waals surface area (Å²) in [5, 5.41) is 0. The van der Waals surface area contributed by atoms with Crippen LogP contribution in [0.1, 0.15) is 79.1 Å². The van der Waals surface area contributed by atoms with Gasteiger partial charge in [0.2, 0.25) is 5.67 Å². The predicted molar refractivity (Wildman–Crippen MR) is 75.8 cm³/mol. The lowest BCUT2D eigenvalue weighted by Gasteiger charge is -2.42. The van der Waals surface area contributed by atoms with Crippen LogP contribution in [0, 0.1) is 5.92 Å². The summed E-state index contributed by atoms with van der Waals surface area (Å²) in [4.78, 5) is 12.1. The molecule has 19 heavy (non-hydrogen) atoms. The van der Waals surface area contributed by atoms with Crippen LogP contribution < -0.4 is 0 Å². The molecule has 0 aliphatic heterocycles. The smallest absolute Gasteiger partial charge is 0.344 e. The fourth-order valence-electron chi connectivity index (χ4n) is 3.12. The fraction of sp³-hybridized carbons (Fsp3) is 0.938. The van der Waals surface area contributed by atoms with Crippen molar-refractivity contribution >= 4 is 5.97 Å². The van der Waals surface area contributed by atoms with E-state index in [1.165, 1.54) is 26.2 Å². The van der Waals surface area contributed by atoms with Gasteiger partial charge in [-0.2, -0.15) is 0 Å². The Hall–Kier alpha value is -0.600. The summed E-state index contributed by atoms with van der Waals surface area (Å²) in [6.45, 7) is 7.10. The minimum absolute atomic E-state index is 0.167. The number of hydrogen-bond donors (Lipinski definition) is 0.